The van der Waals surface area contributed by atoms with E-state index in [9.17, 15) is 19.5 Å². The van der Waals surface area contributed by atoms with E-state index in [4.69, 9.17) is 4.98 Å². The smallest absolute Gasteiger partial charge is 0.326 e. The molecule has 2 saturated heterocycles. The monoisotopic (exact) mass is 527 g/mol. The molecule has 0 saturated carbocycles. The third kappa shape index (κ3) is 7.68. The maximum absolute atomic E-state index is 13.1. The second-order valence-electron chi connectivity index (χ2n) is 11.2. The van der Waals surface area contributed by atoms with E-state index in [2.05, 4.69) is 27.7 Å². The van der Waals surface area contributed by atoms with Gasteiger partial charge in [0.05, 0.1) is 0 Å². The number of nitrogens with one attached hydrogen (secondary N) is 2. The number of fused-ring (bicyclic) bond motifs is 1. The number of hydrogen-bond donors (Lipinski definition) is 3. The van der Waals surface area contributed by atoms with E-state index in [1.807, 2.05) is 6.92 Å². The number of nitrogens with zero attached hydrogens (tertiary/aromatic N) is 3. The number of carboxylic acid groups (broad SMARTS) is 1. The lowest BCUT2D eigenvalue weighted by atomic mass is 9.99. The summed E-state index contributed by atoms with van der Waals surface area (Å²) < 4.78 is 0. The average molecular weight is 528 g/mol. The van der Waals surface area contributed by atoms with Gasteiger partial charge >= 0.3 is 5.97 Å². The highest BCUT2D eigenvalue weighted by Crippen LogP contribution is 2.24. The predicted molar refractivity (Wildman–Crippen MR) is 147 cm³/mol. The fraction of sp³-hybridized carbons (Fsp3) is 0.724. The second-order valence-corrected chi connectivity index (χ2v) is 11.2. The number of carboxylic acids is 1. The Bertz CT molecular complexity index is 970. The molecular weight excluding hydrogens is 482 g/mol. The zero-order valence-electron chi connectivity index (χ0n) is 22.9. The van der Waals surface area contributed by atoms with Crippen LogP contribution in [0.4, 0.5) is 5.82 Å². The van der Waals surface area contributed by atoms with Crippen molar-refractivity contribution in [3.63, 3.8) is 0 Å². The minimum atomic E-state index is -1.01. The first-order chi connectivity index (χ1) is 18.4. The van der Waals surface area contributed by atoms with E-state index in [-0.39, 0.29) is 11.8 Å². The number of unbranched alkanes of at least 4 members (excludes halogenated alkanes) is 1. The number of pyridine rings is 1. The molecule has 3 N–H and O–H groups in total. The first-order valence-electron chi connectivity index (χ1n) is 14.7. The second kappa shape index (κ2) is 13.9. The molecule has 0 bridgehead atoms. The van der Waals surface area contributed by atoms with Crippen molar-refractivity contribution in [2.24, 2.45) is 5.92 Å². The molecule has 4 heterocycles. The minimum Gasteiger partial charge on any atom is -0.480 e. The van der Waals surface area contributed by atoms with Crippen molar-refractivity contribution in [2.75, 3.05) is 38.0 Å². The Labute approximate surface area is 226 Å². The SMILES string of the molecule is CCCCC(=O)N1CCCC[C@H]1C(=O)N[C@@H](CCN1CC[C@@H](CCc2ccc3c(n2)NCCC3)C1)C(=O)O. The Morgan fingerprint density at radius 2 is 2.05 bits per heavy atom. The van der Waals surface area contributed by atoms with Gasteiger partial charge in [0.15, 0.2) is 0 Å². The van der Waals surface area contributed by atoms with E-state index in [0.29, 0.717) is 38.3 Å². The molecule has 0 aromatic carbocycles. The minimum absolute atomic E-state index is 0.00327. The van der Waals surface area contributed by atoms with Gasteiger partial charge < -0.3 is 25.5 Å². The van der Waals surface area contributed by atoms with Crippen molar-refractivity contribution >= 4 is 23.6 Å². The summed E-state index contributed by atoms with van der Waals surface area (Å²) in [5.41, 5.74) is 2.45. The van der Waals surface area contributed by atoms with Crippen LogP contribution in [0.5, 0.6) is 0 Å². The van der Waals surface area contributed by atoms with Crippen LogP contribution < -0.4 is 10.6 Å². The zero-order valence-corrected chi connectivity index (χ0v) is 22.9. The van der Waals surface area contributed by atoms with Gasteiger partial charge in [-0.1, -0.05) is 19.4 Å². The summed E-state index contributed by atoms with van der Waals surface area (Å²) in [6.45, 7) is 6.15. The summed E-state index contributed by atoms with van der Waals surface area (Å²) in [7, 11) is 0. The molecule has 9 nitrogen and oxygen atoms in total. The molecule has 210 valence electrons. The summed E-state index contributed by atoms with van der Waals surface area (Å²) in [5, 5.41) is 16.0. The number of carbonyl (C=O) groups is 3. The lowest BCUT2D eigenvalue weighted by Crippen LogP contribution is -2.55. The van der Waals surface area contributed by atoms with E-state index >= 15 is 0 Å². The lowest BCUT2D eigenvalue weighted by molar-refractivity contribution is -0.146. The number of amides is 2. The number of anilines is 1. The molecule has 38 heavy (non-hydrogen) atoms. The van der Waals surface area contributed by atoms with Crippen LogP contribution >= 0.6 is 0 Å². The number of carbonyl (C=O) groups excluding carboxylic acids is 2. The summed E-state index contributed by atoms with van der Waals surface area (Å²) >= 11 is 0. The Hall–Kier alpha value is -2.68. The highest BCUT2D eigenvalue weighted by Gasteiger charge is 2.34. The Kier molecular flexibility index (Phi) is 10.4. The molecule has 0 unspecified atom stereocenters. The van der Waals surface area contributed by atoms with Gasteiger partial charge in [-0.3, -0.25) is 9.59 Å². The quantitative estimate of drug-likeness (QED) is 0.382. The summed E-state index contributed by atoms with van der Waals surface area (Å²) in [4.78, 5) is 46.5. The van der Waals surface area contributed by atoms with Gasteiger partial charge in [-0.2, -0.15) is 0 Å². The van der Waals surface area contributed by atoms with Crippen LogP contribution in [0.1, 0.15) is 82.4 Å². The first kappa shape index (κ1) is 28.3. The molecule has 1 aromatic rings. The van der Waals surface area contributed by atoms with Crippen molar-refractivity contribution in [2.45, 2.75) is 96.1 Å². The molecule has 2 amide bonds. The molecule has 3 aliphatic rings. The highest BCUT2D eigenvalue weighted by atomic mass is 16.4. The van der Waals surface area contributed by atoms with Crippen LogP contribution in [0, 0.1) is 5.92 Å². The van der Waals surface area contributed by atoms with E-state index < -0.39 is 18.1 Å². The number of likely N-dealkylation sites (tertiary alicyclic amines) is 2. The first-order valence-corrected chi connectivity index (χ1v) is 14.7. The van der Waals surface area contributed by atoms with E-state index in [1.165, 1.54) is 5.56 Å². The zero-order chi connectivity index (χ0) is 26.9. The lowest BCUT2D eigenvalue weighted by Gasteiger charge is -2.35. The van der Waals surface area contributed by atoms with Gasteiger partial charge in [0.1, 0.15) is 17.9 Å². The van der Waals surface area contributed by atoms with Gasteiger partial charge in [-0.05, 0) is 88.3 Å². The van der Waals surface area contributed by atoms with E-state index in [0.717, 1.165) is 88.9 Å². The van der Waals surface area contributed by atoms with Crippen molar-refractivity contribution < 1.29 is 19.5 Å². The molecule has 2 fully saturated rings. The molecule has 3 aliphatic heterocycles. The van der Waals surface area contributed by atoms with Gasteiger partial charge in [0.2, 0.25) is 11.8 Å². The normalized spacial score (nSPS) is 22.4. The molecule has 0 radical (unpaired) electrons. The molecule has 0 aliphatic carbocycles. The van der Waals surface area contributed by atoms with Crippen LogP contribution in [-0.4, -0.2) is 82.5 Å². The number of rotatable bonds is 12. The van der Waals surface area contributed by atoms with Crippen LogP contribution in [0.25, 0.3) is 0 Å². The molecule has 9 heteroatoms. The van der Waals surface area contributed by atoms with Crippen LogP contribution in [-0.2, 0) is 27.2 Å². The Morgan fingerprint density at radius 1 is 1.18 bits per heavy atom. The number of aromatic nitrogens is 1. The summed E-state index contributed by atoms with van der Waals surface area (Å²) in [6, 6.07) is 2.87. The number of hydrogen-bond acceptors (Lipinski definition) is 6. The fourth-order valence-corrected chi connectivity index (χ4v) is 6.02. The van der Waals surface area contributed by atoms with Crippen LogP contribution in [0.3, 0.4) is 0 Å². The average Bonchev–Trinajstić information content (AvgIpc) is 3.40. The van der Waals surface area contributed by atoms with Crippen molar-refractivity contribution in [3.8, 4) is 0 Å². The largest absolute Gasteiger partial charge is 0.480 e. The maximum Gasteiger partial charge on any atom is 0.326 e. The van der Waals surface area contributed by atoms with Crippen LogP contribution in [0.15, 0.2) is 12.1 Å². The molecule has 3 atom stereocenters. The number of piperidine rings is 1. The topological polar surface area (TPSA) is 115 Å². The summed E-state index contributed by atoms with van der Waals surface area (Å²) in [6.07, 6.45) is 10.3. The number of aryl methyl sites for hydroxylation is 2. The molecule has 4 rings (SSSR count). The summed E-state index contributed by atoms with van der Waals surface area (Å²) in [5.74, 6) is 0.284. The third-order valence-corrected chi connectivity index (χ3v) is 8.35. The Balaban J connectivity index is 1.22. The van der Waals surface area contributed by atoms with Crippen molar-refractivity contribution in [1.82, 2.24) is 20.1 Å². The third-order valence-electron chi connectivity index (χ3n) is 8.35. The number of aliphatic carboxylic acids is 1. The van der Waals surface area contributed by atoms with Crippen molar-refractivity contribution in [1.29, 1.82) is 0 Å². The molecule has 0 spiro atoms. The molecular formula is C29H45N5O4. The van der Waals surface area contributed by atoms with Gasteiger partial charge in [-0.15, -0.1) is 0 Å². The van der Waals surface area contributed by atoms with Gasteiger partial charge in [0.25, 0.3) is 0 Å². The van der Waals surface area contributed by atoms with Gasteiger partial charge in [-0.25, -0.2) is 9.78 Å². The Morgan fingerprint density at radius 3 is 2.87 bits per heavy atom. The predicted octanol–water partition coefficient (Wildman–Crippen LogP) is 3.23. The molecule has 1 aromatic heterocycles. The maximum atomic E-state index is 13.1. The van der Waals surface area contributed by atoms with Crippen molar-refractivity contribution in [3.05, 3.63) is 23.4 Å². The van der Waals surface area contributed by atoms with E-state index in [1.54, 1.807) is 4.90 Å². The van der Waals surface area contributed by atoms with Crippen LogP contribution in [0.2, 0.25) is 0 Å². The highest BCUT2D eigenvalue weighted by molar-refractivity contribution is 5.90. The fourth-order valence-electron chi connectivity index (χ4n) is 6.02. The van der Waals surface area contributed by atoms with Gasteiger partial charge in [0, 0.05) is 38.3 Å². The standard InChI is InChI=1S/C29H45N5O4/c1-2-3-9-26(35)34-17-5-4-8-25(34)28(36)32-24(29(37)38)15-19-33-18-14-21(20-33)10-12-23-13-11-22-7-6-16-30-27(22)31-23/h11,13,21,24-25H,2-10,12,14-20H2,1H3,(H,30,31)(H,32,36)(H,37,38)/t21-,24+,25+/m1/s1.